The molecule has 8 heteroatoms. The van der Waals surface area contributed by atoms with Crippen LogP contribution < -0.4 is 5.32 Å². The zero-order valence-corrected chi connectivity index (χ0v) is 10.2. The number of carbonyl (C=O) groups excluding carboxylic acids is 1. The van der Waals surface area contributed by atoms with Gasteiger partial charge in [0.1, 0.15) is 5.82 Å². The molecule has 0 aliphatic carbocycles. The van der Waals surface area contributed by atoms with Crippen molar-refractivity contribution < 1.29 is 19.8 Å². The lowest BCUT2D eigenvalue weighted by Crippen LogP contribution is -2.47. The van der Waals surface area contributed by atoms with Gasteiger partial charge in [0, 0.05) is 6.42 Å². The maximum atomic E-state index is 11.7. The SMILES string of the molecule is CCCc1nc(C(=O)NC(C(=O)O)C(C)O)n[nH]1. The lowest BCUT2D eigenvalue weighted by molar-refractivity contribution is -0.141. The average Bonchev–Trinajstić information content (AvgIpc) is 2.73. The van der Waals surface area contributed by atoms with Gasteiger partial charge in [0.2, 0.25) is 5.82 Å². The monoisotopic (exact) mass is 256 g/mol. The fourth-order valence-electron chi connectivity index (χ4n) is 1.34. The number of aliphatic hydroxyl groups excluding tert-OH is 1. The third kappa shape index (κ3) is 3.52. The predicted molar refractivity (Wildman–Crippen MR) is 60.9 cm³/mol. The summed E-state index contributed by atoms with van der Waals surface area (Å²) in [6, 6.07) is -1.38. The Morgan fingerprint density at radius 2 is 2.17 bits per heavy atom. The quantitative estimate of drug-likeness (QED) is 0.534. The summed E-state index contributed by atoms with van der Waals surface area (Å²) in [6.45, 7) is 3.23. The van der Waals surface area contributed by atoms with Crippen molar-refractivity contribution >= 4 is 11.9 Å². The number of carboxylic acids is 1. The predicted octanol–water partition coefficient (Wildman–Crippen LogP) is -0.679. The van der Waals surface area contributed by atoms with Crippen LogP contribution in [0.2, 0.25) is 0 Å². The molecule has 0 fully saturated rings. The molecule has 2 atom stereocenters. The van der Waals surface area contributed by atoms with Crippen molar-refractivity contribution in [1.29, 1.82) is 0 Å². The van der Waals surface area contributed by atoms with Crippen LogP contribution in [-0.2, 0) is 11.2 Å². The molecule has 0 spiro atoms. The number of aliphatic carboxylic acids is 1. The van der Waals surface area contributed by atoms with Gasteiger partial charge in [-0.25, -0.2) is 9.78 Å². The number of aryl methyl sites for hydroxylation is 1. The number of nitrogens with zero attached hydrogens (tertiary/aromatic N) is 2. The number of aromatic amines is 1. The number of hydrogen-bond donors (Lipinski definition) is 4. The van der Waals surface area contributed by atoms with E-state index in [9.17, 15) is 14.7 Å². The molecule has 8 nitrogen and oxygen atoms in total. The van der Waals surface area contributed by atoms with Gasteiger partial charge in [-0.3, -0.25) is 9.89 Å². The summed E-state index contributed by atoms with van der Waals surface area (Å²) in [5.74, 6) is -1.62. The highest BCUT2D eigenvalue weighted by Gasteiger charge is 2.26. The van der Waals surface area contributed by atoms with E-state index in [1.54, 1.807) is 0 Å². The summed E-state index contributed by atoms with van der Waals surface area (Å²) >= 11 is 0. The van der Waals surface area contributed by atoms with E-state index in [0.717, 1.165) is 6.42 Å². The molecule has 4 N–H and O–H groups in total. The average molecular weight is 256 g/mol. The Kier molecular flexibility index (Phi) is 4.78. The number of aromatic nitrogens is 3. The molecule has 1 heterocycles. The van der Waals surface area contributed by atoms with Crippen molar-refractivity contribution in [3.05, 3.63) is 11.6 Å². The zero-order chi connectivity index (χ0) is 13.7. The highest BCUT2D eigenvalue weighted by atomic mass is 16.4. The van der Waals surface area contributed by atoms with Crippen molar-refractivity contribution in [2.24, 2.45) is 0 Å². The van der Waals surface area contributed by atoms with Crippen LogP contribution >= 0.6 is 0 Å². The summed E-state index contributed by atoms with van der Waals surface area (Å²) in [4.78, 5) is 26.4. The van der Waals surface area contributed by atoms with E-state index in [2.05, 4.69) is 20.5 Å². The highest BCUT2D eigenvalue weighted by Crippen LogP contribution is 1.99. The highest BCUT2D eigenvalue weighted by molar-refractivity contribution is 5.93. The molecule has 18 heavy (non-hydrogen) atoms. The minimum absolute atomic E-state index is 0.134. The third-order valence-corrected chi connectivity index (χ3v) is 2.26. The van der Waals surface area contributed by atoms with E-state index in [1.807, 2.05) is 6.92 Å². The van der Waals surface area contributed by atoms with Gasteiger partial charge in [0.25, 0.3) is 5.91 Å². The topological polar surface area (TPSA) is 128 Å². The summed E-state index contributed by atoms with van der Waals surface area (Å²) in [7, 11) is 0. The Morgan fingerprint density at radius 3 is 2.67 bits per heavy atom. The number of rotatable bonds is 6. The second kappa shape index (κ2) is 6.10. The Bertz CT molecular complexity index is 429. The molecule has 2 unspecified atom stereocenters. The first-order valence-electron chi connectivity index (χ1n) is 5.58. The second-order valence-electron chi connectivity index (χ2n) is 3.89. The van der Waals surface area contributed by atoms with Crippen molar-refractivity contribution in [2.45, 2.75) is 38.8 Å². The van der Waals surface area contributed by atoms with Crippen molar-refractivity contribution in [2.75, 3.05) is 0 Å². The molecule has 0 saturated heterocycles. The van der Waals surface area contributed by atoms with Crippen LogP contribution in [0.15, 0.2) is 0 Å². The van der Waals surface area contributed by atoms with Gasteiger partial charge in [-0.15, -0.1) is 5.10 Å². The maximum absolute atomic E-state index is 11.7. The van der Waals surface area contributed by atoms with Crippen LogP contribution in [0.5, 0.6) is 0 Å². The van der Waals surface area contributed by atoms with Crippen LogP contribution in [0, 0.1) is 0 Å². The van der Waals surface area contributed by atoms with Gasteiger partial charge in [-0.05, 0) is 13.3 Å². The molecule has 0 saturated carbocycles. The molecule has 0 aliphatic rings. The Morgan fingerprint density at radius 1 is 1.50 bits per heavy atom. The third-order valence-electron chi connectivity index (χ3n) is 2.26. The van der Waals surface area contributed by atoms with Crippen molar-refractivity contribution in [1.82, 2.24) is 20.5 Å². The summed E-state index contributed by atoms with van der Waals surface area (Å²) in [5, 5.41) is 26.5. The van der Waals surface area contributed by atoms with Gasteiger partial charge in [-0.2, -0.15) is 0 Å². The van der Waals surface area contributed by atoms with Gasteiger partial charge in [-0.1, -0.05) is 6.92 Å². The Balaban J connectivity index is 2.71. The molecule has 1 aromatic rings. The second-order valence-corrected chi connectivity index (χ2v) is 3.89. The molecule has 1 aromatic heterocycles. The van der Waals surface area contributed by atoms with E-state index in [-0.39, 0.29) is 5.82 Å². The van der Waals surface area contributed by atoms with Crippen LogP contribution in [-0.4, -0.2) is 49.4 Å². The van der Waals surface area contributed by atoms with Gasteiger partial charge < -0.3 is 15.5 Å². The number of H-pyrrole nitrogens is 1. The molecule has 100 valence electrons. The van der Waals surface area contributed by atoms with E-state index >= 15 is 0 Å². The molecule has 1 amide bonds. The lowest BCUT2D eigenvalue weighted by atomic mass is 10.2. The molecule has 0 aromatic carbocycles. The van der Waals surface area contributed by atoms with E-state index in [0.29, 0.717) is 12.2 Å². The number of hydrogen-bond acceptors (Lipinski definition) is 5. The van der Waals surface area contributed by atoms with Crippen LogP contribution in [0.25, 0.3) is 0 Å². The largest absolute Gasteiger partial charge is 0.480 e. The number of nitrogens with one attached hydrogen (secondary N) is 2. The Labute approximate surface area is 103 Å². The maximum Gasteiger partial charge on any atom is 0.328 e. The van der Waals surface area contributed by atoms with Gasteiger partial charge in [0.15, 0.2) is 6.04 Å². The van der Waals surface area contributed by atoms with Crippen molar-refractivity contribution in [3.8, 4) is 0 Å². The normalized spacial score (nSPS) is 13.9. The fraction of sp³-hybridized carbons (Fsp3) is 0.600. The molecule has 0 radical (unpaired) electrons. The Hall–Kier alpha value is -1.96. The molecule has 0 bridgehead atoms. The molecule has 1 rings (SSSR count). The minimum atomic E-state index is -1.38. The number of aliphatic hydroxyl groups is 1. The minimum Gasteiger partial charge on any atom is -0.480 e. The van der Waals surface area contributed by atoms with Gasteiger partial charge in [0.05, 0.1) is 6.10 Å². The van der Waals surface area contributed by atoms with Crippen LogP contribution in [0.4, 0.5) is 0 Å². The van der Waals surface area contributed by atoms with Crippen LogP contribution in [0.3, 0.4) is 0 Å². The first kappa shape index (κ1) is 14.1. The number of carboxylic acid groups (broad SMARTS) is 1. The smallest absolute Gasteiger partial charge is 0.328 e. The lowest BCUT2D eigenvalue weighted by Gasteiger charge is -2.15. The molecular weight excluding hydrogens is 240 g/mol. The molecular formula is C10H16N4O4. The summed E-state index contributed by atoms with van der Waals surface area (Å²) in [6.07, 6.45) is 0.293. The standard InChI is InChI=1S/C10H16N4O4/c1-3-4-6-11-8(14-13-6)9(16)12-7(5(2)15)10(17)18/h5,7,15H,3-4H2,1-2H3,(H,12,16)(H,17,18)(H,11,13,14). The van der Waals surface area contributed by atoms with Crippen molar-refractivity contribution in [3.63, 3.8) is 0 Å². The van der Waals surface area contributed by atoms with Crippen LogP contribution in [0.1, 0.15) is 36.7 Å². The number of carbonyl (C=O) groups is 2. The van der Waals surface area contributed by atoms with Gasteiger partial charge >= 0.3 is 5.97 Å². The number of amides is 1. The van der Waals surface area contributed by atoms with E-state index in [1.165, 1.54) is 6.92 Å². The van der Waals surface area contributed by atoms with E-state index < -0.39 is 24.0 Å². The first-order chi connectivity index (χ1) is 8.45. The molecule has 0 aliphatic heterocycles. The summed E-state index contributed by atoms with van der Waals surface area (Å²) < 4.78 is 0. The zero-order valence-electron chi connectivity index (χ0n) is 10.2. The first-order valence-corrected chi connectivity index (χ1v) is 5.58. The van der Waals surface area contributed by atoms with E-state index in [4.69, 9.17) is 5.11 Å². The summed E-state index contributed by atoms with van der Waals surface area (Å²) in [5.41, 5.74) is 0. The fourth-order valence-corrected chi connectivity index (χ4v) is 1.34.